The van der Waals surface area contributed by atoms with Gasteiger partial charge >= 0.3 is 0 Å². The molecule has 1 aromatic carbocycles. The Labute approximate surface area is 70.3 Å². The Morgan fingerprint density at radius 3 is 2.92 bits per heavy atom. The Kier molecular flexibility index (Phi) is 2.63. The summed E-state index contributed by atoms with van der Waals surface area (Å²) in [7, 11) is 1.48. The minimum Gasteiger partial charge on any atom is -0.504 e. The van der Waals surface area contributed by atoms with E-state index in [2.05, 4.69) is 5.11 Å². The second-order valence-electron chi connectivity index (χ2n) is 2.28. The van der Waals surface area contributed by atoms with E-state index in [1.165, 1.54) is 7.11 Å². The zero-order chi connectivity index (χ0) is 8.97. The lowest BCUT2D eigenvalue weighted by atomic mass is 10.2. The van der Waals surface area contributed by atoms with Crippen LogP contribution in [0.1, 0.15) is 5.56 Å². The van der Waals surface area contributed by atoms with Gasteiger partial charge in [0.15, 0.2) is 11.5 Å². The van der Waals surface area contributed by atoms with Gasteiger partial charge in [-0.15, -0.1) is 0 Å². The molecule has 0 bridgehead atoms. The predicted molar refractivity (Wildman–Crippen MR) is 43.5 cm³/mol. The van der Waals surface area contributed by atoms with Gasteiger partial charge in [0.25, 0.3) is 0 Å². The number of nitrogens with one attached hydrogen (secondary N) is 1. The number of ether oxygens (including phenoxy) is 1. The summed E-state index contributed by atoms with van der Waals surface area (Å²) in [5.74, 6) is 0.479. The molecule has 0 saturated carbocycles. The maximum atomic E-state index is 9.45. The summed E-state index contributed by atoms with van der Waals surface area (Å²) in [5, 5.41) is 12.6. The van der Waals surface area contributed by atoms with E-state index >= 15 is 0 Å². The summed E-state index contributed by atoms with van der Waals surface area (Å²) in [6.45, 7) is 0.184. The third-order valence-corrected chi connectivity index (χ3v) is 1.55. The van der Waals surface area contributed by atoms with Crippen molar-refractivity contribution in [3.8, 4) is 11.5 Å². The van der Waals surface area contributed by atoms with Crippen molar-refractivity contribution in [3.63, 3.8) is 0 Å². The summed E-state index contributed by atoms with van der Waals surface area (Å²) in [6.07, 6.45) is 0. The molecule has 4 nitrogen and oxygen atoms in total. The molecule has 0 heterocycles. The quantitative estimate of drug-likeness (QED) is 0.674. The lowest BCUT2D eigenvalue weighted by molar-refractivity contribution is 0.370. The van der Waals surface area contributed by atoms with Crippen LogP contribution >= 0.6 is 0 Å². The first kappa shape index (κ1) is 8.52. The average Bonchev–Trinajstić information content (AvgIpc) is 2.09. The van der Waals surface area contributed by atoms with Crippen LogP contribution in [0.2, 0.25) is 0 Å². The molecule has 0 aliphatic heterocycles. The molecular formula is C8H10N2O2. The zero-order valence-corrected chi connectivity index (χ0v) is 6.74. The Bertz CT molecular complexity index is 286. The third kappa shape index (κ3) is 1.53. The van der Waals surface area contributed by atoms with Crippen LogP contribution in [0, 0.1) is 5.53 Å². The van der Waals surface area contributed by atoms with Gasteiger partial charge in [-0.25, -0.2) is 5.53 Å². The van der Waals surface area contributed by atoms with Crippen LogP contribution in [0.15, 0.2) is 23.3 Å². The molecule has 0 amide bonds. The van der Waals surface area contributed by atoms with Crippen LogP contribution in [-0.2, 0) is 6.54 Å². The maximum absolute atomic E-state index is 9.45. The molecule has 12 heavy (non-hydrogen) atoms. The number of phenolic OH excluding ortho intramolecular Hbond substituents is 1. The van der Waals surface area contributed by atoms with Gasteiger partial charge in [0.2, 0.25) is 0 Å². The van der Waals surface area contributed by atoms with Gasteiger partial charge in [0.05, 0.1) is 13.7 Å². The first-order valence-corrected chi connectivity index (χ1v) is 3.47. The predicted octanol–water partition coefficient (Wildman–Crippen LogP) is 1.93. The number of phenols is 1. The van der Waals surface area contributed by atoms with Crippen molar-refractivity contribution in [2.75, 3.05) is 7.11 Å². The topological polar surface area (TPSA) is 65.7 Å². The largest absolute Gasteiger partial charge is 0.504 e. The number of methoxy groups -OCH3 is 1. The summed E-state index contributed by atoms with van der Waals surface area (Å²) in [6, 6.07) is 5.11. The molecule has 0 fully saturated rings. The van der Waals surface area contributed by atoms with Crippen LogP contribution in [0.25, 0.3) is 0 Å². The van der Waals surface area contributed by atoms with E-state index in [0.29, 0.717) is 11.3 Å². The van der Waals surface area contributed by atoms with Crippen molar-refractivity contribution in [1.29, 1.82) is 5.53 Å². The van der Waals surface area contributed by atoms with E-state index in [1.54, 1.807) is 18.2 Å². The molecule has 0 aliphatic rings. The lowest BCUT2D eigenvalue weighted by Gasteiger charge is -2.05. The molecule has 0 radical (unpaired) electrons. The van der Waals surface area contributed by atoms with Gasteiger partial charge in [-0.1, -0.05) is 12.1 Å². The number of nitrogens with zero attached hydrogens (tertiary/aromatic N) is 1. The minimum absolute atomic E-state index is 0.0657. The van der Waals surface area contributed by atoms with Crippen molar-refractivity contribution in [1.82, 2.24) is 0 Å². The van der Waals surface area contributed by atoms with Crippen molar-refractivity contribution in [3.05, 3.63) is 23.8 Å². The molecule has 1 rings (SSSR count). The van der Waals surface area contributed by atoms with Gasteiger partial charge in [0.1, 0.15) is 0 Å². The maximum Gasteiger partial charge on any atom is 0.162 e. The molecule has 2 N–H and O–H groups in total. The van der Waals surface area contributed by atoms with E-state index < -0.39 is 0 Å². The molecule has 0 unspecified atom stereocenters. The number of para-hydroxylation sites is 1. The fraction of sp³-hybridized carbons (Fsp3) is 0.250. The smallest absolute Gasteiger partial charge is 0.162 e. The average molecular weight is 166 g/mol. The number of aromatic hydroxyl groups is 1. The van der Waals surface area contributed by atoms with Gasteiger partial charge in [-0.2, -0.15) is 5.11 Å². The molecule has 64 valence electrons. The molecule has 0 aliphatic carbocycles. The standard InChI is InChI=1S/C8H10N2O2/c1-12-7-4-2-3-6(5-10-9)8(7)11/h2-4,9,11H,5H2,1H3. The normalized spacial score (nSPS) is 9.42. The molecule has 0 saturated heterocycles. The molecule has 0 spiro atoms. The van der Waals surface area contributed by atoms with Gasteiger partial charge in [-0.05, 0) is 6.07 Å². The first-order valence-electron chi connectivity index (χ1n) is 3.47. The molecule has 1 aromatic rings. The van der Waals surface area contributed by atoms with Gasteiger partial charge < -0.3 is 9.84 Å². The highest BCUT2D eigenvalue weighted by atomic mass is 16.5. The molecule has 0 aromatic heterocycles. The number of hydrogen-bond acceptors (Lipinski definition) is 4. The number of benzene rings is 1. The zero-order valence-electron chi connectivity index (χ0n) is 6.74. The van der Waals surface area contributed by atoms with Crippen LogP contribution < -0.4 is 4.74 Å². The summed E-state index contributed by atoms with van der Waals surface area (Å²) >= 11 is 0. The van der Waals surface area contributed by atoms with Crippen LogP contribution in [0.5, 0.6) is 11.5 Å². The van der Waals surface area contributed by atoms with Crippen LogP contribution in [0.4, 0.5) is 0 Å². The second kappa shape index (κ2) is 3.71. The number of hydrogen-bond donors (Lipinski definition) is 2. The van der Waals surface area contributed by atoms with E-state index in [9.17, 15) is 5.11 Å². The number of rotatable bonds is 3. The van der Waals surface area contributed by atoms with Gasteiger partial charge in [0, 0.05) is 5.56 Å². The van der Waals surface area contributed by atoms with E-state index in [4.69, 9.17) is 10.3 Å². The molecule has 4 heteroatoms. The fourth-order valence-corrected chi connectivity index (χ4v) is 0.945. The van der Waals surface area contributed by atoms with Crippen molar-refractivity contribution < 1.29 is 9.84 Å². The summed E-state index contributed by atoms with van der Waals surface area (Å²) in [5.41, 5.74) is 7.24. The van der Waals surface area contributed by atoms with E-state index in [0.717, 1.165) is 0 Å². The Morgan fingerprint density at radius 2 is 2.33 bits per heavy atom. The Balaban J connectivity index is 3.04. The van der Waals surface area contributed by atoms with E-state index in [-0.39, 0.29) is 12.3 Å². The van der Waals surface area contributed by atoms with Crippen molar-refractivity contribution >= 4 is 0 Å². The summed E-state index contributed by atoms with van der Waals surface area (Å²) < 4.78 is 4.88. The second-order valence-corrected chi connectivity index (χ2v) is 2.28. The summed E-state index contributed by atoms with van der Waals surface area (Å²) in [4.78, 5) is 0. The Hall–Kier alpha value is -1.58. The first-order chi connectivity index (χ1) is 5.79. The molecular weight excluding hydrogens is 156 g/mol. The van der Waals surface area contributed by atoms with Crippen LogP contribution in [0.3, 0.4) is 0 Å². The SMILES string of the molecule is COc1cccc(CN=N)c1O. The lowest BCUT2D eigenvalue weighted by Crippen LogP contribution is -1.87. The van der Waals surface area contributed by atoms with Crippen LogP contribution in [-0.4, -0.2) is 12.2 Å². The van der Waals surface area contributed by atoms with Crippen molar-refractivity contribution in [2.45, 2.75) is 6.54 Å². The van der Waals surface area contributed by atoms with Crippen molar-refractivity contribution in [2.24, 2.45) is 5.11 Å². The highest BCUT2D eigenvalue weighted by Crippen LogP contribution is 2.29. The fourth-order valence-electron chi connectivity index (χ4n) is 0.945. The van der Waals surface area contributed by atoms with Gasteiger partial charge in [-0.3, -0.25) is 0 Å². The minimum atomic E-state index is 0.0657. The monoisotopic (exact) mass is 166 g/mol. The Morgan fingerprint density at radius 1 is 1.58 bits per heavy atom. The molecule has 0 atom stereocenters. The van der Waals surface area contributed by atoms with E-state index in [1.807, 2.05) is 0 Å². The highest BCUT2D eigenvalue weighted by Gasteiger charge is 2.05. The third-order valence-electron chi connectivity index (χ3n) is 1.55. The highest BCUT2D eigenvalue weighted by molar-refractivity contribution is 5.45.